The van der Waals surface area contributed by atoms with Gasteiger partial charge in [-0.05, 0) is 148 Å². The number of rotatable bonds is 18. The summed E-state index contributed by atoms with van der Waals surface area (Å²) in [5.41, 5.74) is 11.7. The Morgan fingerprint density at radius 3 is 1.56 bits per heavy atom. The fraction of sp³-hybridized carbons (Fsp3) is 0.452. The second-order valence-electron chi connectivity index (χ2n) is 21.4. The van der Waals surface area contributed by atoms with Crippen LogP contribution in [-0.2, 0) is 57.0 Å². The molecule has 1 amide bonds. The molecule has 8 heteroatoms. The van der Waals surface area contributed by atoms with Crippen LogP contribution >= 0.6 is 0 Å². The van der Waals surface area contributed by atoms with E-state index in [1.807, 2.05) is 74.5 Å². The van der Waals surface area contributed by atoms with Crippen LogP contribution in [0.1, 0.15) is 194 Å². The molecule has 0 fully saturated rings. The lowest BCUT2D eigenvalue weighted by molar-refractivity contribution is -0.122. The summed E-state index contributed by atoms with van der Waals surface area (Å²) in [5.74, 6) is 0.252. The van der Waals surface area contributed by atoms with Gasteiger partial charge in [0.1, 0.15) is 0 Å². The molecule has 0 heterocycles. The van der Waals surface area contributed by atoms with Crippen molar-refractivity contribution in [2.24, 2.45) is 5.92 Å². The molecule has 0 spiro atoms. The zero-order valence-corrected chi connectivity index (χ0v) is 44.3. The molecule has 4 rings (SSSR count). The predicted molar refractivity (Wildman–Crippen MR) is 293 cm³/mol. The number of nitrogens with one attached hydrogen (secondary N) is 1. The van der Waals surface area contributed by atoms with E-state index in [4.69, 9.17) is 0 Å². The summed E-state index contributed by atoms with van der Waals surface area (Å²) in [6.45, 7) is 29.4. The summed E-state index contributed by atoms with van der Waals surface area (Å²) in [4.78, 5) is 47.3. The topological polar surface area (TPSA) is 141 Å². The molecule has 4 N–H and O–H groups in total. The van der Waals surface area contributed by atoms with Gasteiger partial charge in [0.25, 0.3) is 0 Å². The number of ketones is 3. The highest BCUT2D eigenvalue weighted by molar-refractivity contribution is 6.10. The zero-order chi connectivity index (χ0) is 52.1. The minimum absolute atomic E-state index is 0. The molecule has 0 aromatic heterocycles. The molecular formula is C62H87NO7. The highest BCUT2D eigenvalue weighted by atomic mass is 16.3. The number of allylic oxidation sites excluding steroid dienone is 4. The van der Waals surface area contributed by atoms with E-state index >= 15 is 0 Å². The van der Waals surface area contributed by atoms with Crippen LogP contribution in [0.3, 0.4) is 0 Å². The molecular weight excluding hydrogens is 871 g/mol. The van der Waals surface area contributed by atoms with Gasteiger partial charge in [0.15, 0.2) is 17.3 Å². The minimum Gasteiger partial charge on any atom is -0.392 e. The van der Waals surface area contributed by atoms with Gasteiger partial charge in [0, 0.05) is 18.5 Å². The molecule has 0 saturated heterocycles. The average molecular weight is 958 g/mol. The maximum atomic E-state index is 12.1. The summed E-state index contributed by atoms with van der Waals surface area (Å²) < 4.78 is 0. The van der Waals surface area contributed by atoms with Gasteiger partial charge >= 0.3 is 0 Å². The van der Waals surface area contributed by atoms with Crippen molar-refractivity contribution in [3.63, 3.8) is 0 Å². The number of amides is 1. The Morgan fingerprint density at radius 1 is 0.600 bits per heavy atom. The SMILES string of the molecule is C.CC(=O)c1ccc(C(C)(C)C)c(CO)c1.CC(C)/C=C/CCCCC(=O)NCc1ccc(C(C)(C)C)c(CO)c1.Cc1ccc(/C=C/C(=O)CC(=O)/C=C/c2ccc(C(C)(C)C)c(CO)c2)cc1C. The van der Waals surface area contributed by atoms with Gasteiger partial charge in [-0.2, -0.15) is 0 Å². The van der Waals surface area contributed by atoms with Crippen LogP contribution in [0.5, 0.6) is 0 Å². The molecule has 0 aliphatic heterocycles. The van der Waals surface area contributed by atoms with E-state index in [1.165, 1.54) is 30.2 Å². The molecule has 4 aromatic carbocycles. The van der Waals surface area contributed by atoms with Crippen molar-refractivity contribution < 1.29 is 34.5 Å². The first-order chi connectivity index (χ1) is 32.2. The molecule has 4 aromatic rings. The number of Topliss-reactive ketones (excluding diaryl/α,β-unsaturated/α-hetero) is 1. The first-order valence-electron chi connectivity index (χ1n) is 24.3. The van der Waals surface area contributed by atoms with Gasteiger partial charge in [-0.3, -0.25) is 19.2 Å². The number of carbonyl (C=O) groups is 4. The van der Waals surface area contributed by atoms with E-state index in [0.29, 0.717) is 24.4 Å². The van der Waals surface area contributed by atoms with Gasteiger partial charge in [0.2, 0.25) is 5.91 Å². The maximum Gasteiger partial charge on any atom is 0.220 e. The maximum absolute atomic E-state index is 12.1. The Kier molecular flexibility index (Phi) is 26.4. The van der Waals surface area contributed by atoms with E-state index in [0.717, 1.165) is 69.3 Å². The number of hydrogen-bond donors (Lipinski definition) is 4. The van der Waals surface area contributed by atoms with Crippen molar-refractivity contribution in [3.05, 3.63) is 164 Å². The average Bonchev–Trinajstić information content (AvgIpc) is 3.28. The van der Waals surface area contributed by atoms with Gasteiger partial charge in [-0.1, -0.05) is 169 Å². The molecule has 0 aliphatic rings. The summed E-state index contributed by atoms with van der Waals surface area (Å²) >= 11 is 0. The van der Waals surface area contributed by atoms with Crippen molar-refractivity contribution in [2.45, 2.75) is 179 Å². The monoisotopic (exact) mass is 958 g/mol. The van der Waals surface area contributed by atoms with Crippen LogP contribution in [0.15, 0.2) is 97.1 Å². The first kappa shape index (κ1) is 62.5. The lowest BCUT2D eigenvalue weighted by Gasteiger charge is -2.23. The van der Waals surface area contributed by atoms with Crippen LogP contribution in [0, 0.1) is 19.8 Å². The minimum atomic E-state index is -0.245. The molecule has 0 bridgehead atoms. The third kappa shape index (κ3) is 22.5. The van der Waals surface area contributed by atoms with Crippen molar-refractivity contribution in [1.29, 1.82) is 0 Å². The molecule has 382 valence electrons. The normalized spacial score (nSPS) is 11.8. The van der Waals surface area contributed by atoms with E-state index in [-0.39, 0.29) is 73.2 Å². The number of hydrogen-bond acceptors (Lipinski definition) is 7. The molecule has 0 atom stereocenters. The standard InChI is InChI=1S/C26H30O3.C22H35NO2.C13H18O2.CH4/c1-18-6-7-20(14-19(18)2)8-11-23(28)16-24(29)12-9-21-10-13-25(26(3,4)5)22(15-21)17-27;1-17(2)10-8-6-7-9-11-21(25)23-15-18-12-13-20(22(3,4)5)19(14-18)16-24;1-9(15)10-5-6-12(13(2,3)4)11(7-10)8-14;/h6-15,27H,16-17H2,1-5H3;8,10,12-14,17,24H,6-7,9,11,15-16H2,1-5H3,(H,23,25);5-7,14H,8H2,1-4H3;1H4/b11-8+,12-9+;10-8+;;. The largest absolute Gasteiger partial charge is 0.392 e. The smallest absolute Gasteiger partial charge is 0.220 e. The Hall–Kier alpha value is -5.54. The number of aliphatic hydroxyl groups is 3. The molecule has 70 heavy (non-hydrogen) atoms. The Labute approximate surface area is 422 Å². The number of carbonyl (C=O) groups excluding carboxylic acids is 4. The van der Waals surface area contributed by atoms with E-state index in [1.54, 1.807) is 18.2 Å². The third-order valence-corrected chi connectivity index (χ3v) is 11.6. The van der Waals surface area contributed by atoms with Gasteiger partial charge in [-0.25, -0.2) is 0 Å². The van der Waals surface area contributed by atoms with Crippen LogP contribution in [0.25, 0.3) is 12.2 Å². The van der Waals surface area contributed by atoms with E-state index in [9.17, 15) is 34.5 Å². The second-order valence-corrected chi connectivity index (χ2v) is 21.4. The fourth-order valence-electron chi connectivity index (χ4n) is 7.62. The van der Waals surface area contributed by atoms with Gasteiger partial charge in [0.05, 0.1) is 26.2 Å². The number of aryl methyl sites for hydroxylation is 2. The third-order valence-electron chi connectivity index (χ3n) is 11.6. The Balaban J connectivity index is 0.000000546. The van der Waals surface area contributed by atoms with Crippen LogP contribution in [-0.4, -0.2) is 38.6 Å². The molecule has 0 unspecified atom stereocenters. The van der Waals surface area contributed by atoms with Gasteiger partial charge < -0.3 is 20.6 Å². The number of benzene rings is 4. The number of unbranched alkanes of at least 4 members (excludes halogenated alkanes) is 2. The zero-order valence-electron chi connectivity index (χ0n) is 44.3. The highest BCUT2D eigenvalue weighted by Gasteiger charge is 2.20. The van der Waals surface area contributed by atoms with Crippen LogP contribution in [0.4, 0.5) is 0 Å². The highest BCUT2D eigenvalue weighted by Crippen LogP contribution is 2.29. The van der Waals surface area contributed by atoms with Crippen LogP contribution < -0.4 is 5.32 Å². The molecule has 0 saturated carbocycles. The lowest BCUT2D eigenvalue weighted by Crippen LogP contribution is -2.23. The molecule has 0 aliphatic carbocycles. The fourth-order valence-corrected chi connectivity index (χ4v) is 7.62. The molecule has 0 radical (unpaired) electrons. The quantitative estimate of drug-likeness (QED) is 0.0256. The Morgan fingerprint density at radius 2 is 1.07 bits per heavy atom. The van der Waals surface area contributed by atoms with E-state index in [2.05, 4.69) is 99.7 Å². The van der Waals surface area contributed by atoms with Gasteiger partial charge in [-0.15, -0.1) is 0 Å². The molecule has 8 nitrogen and oxygen atoms in total. The summed E-state index contributed by atoms with van der Waals surface area (Å²) in [5, 5.41) is 31.5. The summed E-state index contributed by atoms with van der Waals surface area (Å²) in [7, 11) is 0. The number of aliphatic hydroxyl groups excluding tert-OH is 3. The lowest BCUT2D eigenvalue weighted by atomic mass is 9.83. The van der Waals surface area contributed by atoms with Crippen molar-refractivity contribution in [1.82, 2.24) is 5.32 Å². The van der Waals surface area contributed by atoms with Crippen LogP contribution in [0.2, 0.25) is 0 Å². The second kappa shape index (κ2) is 29.6. The predicted octanol–water partition coefficient (Wildman–Crippen LogP) is 13.5. The summed E-state index contributed by atoms with van der Waals surface area (Å²) in [6.07, 6.45) is 14.1. The van der Waals surface area contributed by atoms with Crippen molar-refractivity contribution in [2.75, 3.05) is 0 Å². The Bertz CT molecular complexity index is 2410. The van der Waals surface area contributed by atoms with Crippen molar-refractivity contribution in [3.8, 4) is 0 Å². The van der Waals surface area contributed by atoms with E-state index < -0.39 is 0 Å². The first-order valence-corrected chi connectivity index (χ1v) is 24.3. The summed E-state index contributed by atoms with van der Waals surface area (Å²) in [6, 6.07) is 23.4. The van der Waals surface area contributed by atoms with Crippen molar-refractivity contribution >= 4 is 35.4 Å².